The fraction of sp³-hybridized carbons (Fsp3) is 0.560. The van der Waals surface area contributed by atoms with E-state index >= 15 is 0 Å². The maximum Gasteiger partial charge on any atom is 0.393 e. The van der Waals surface area contributed by atoms with E-state index in [9.17, 15) is 35.9 Å². The number of carbonyl (C=O) groups is 2. The summed E-state index contributed by atoms with van der Waals surface area (Å²) in [4.78, 5) is 30.9. The maximum absolute atomic E-state index is 12.1. The fourth-order valence-electron chi connectivity index (χ4n) is 2.53. The van der Waals surface area contributed by atoms with Crippen molar-refractivity contribution in [3.05, 3.63) is 41.0 Å². The molecule has 0 spiro atoms. The second-order valence-corrected chi connectivity index (χ2v) is 10.1. The van der Waals surface area contributed by atoms with Crippen LogP contribution in [0.3, 0.4) is 0 Å². The molecule has 4 rings (SSSR count). The van der Waals surface area contributed by atoms with Crippen LogP contribution in [0.2, 0.25) is 0 Å². The van der Waals surface area contributed by atoms with Gasteiger partial charge in [-0.25, -0.2) is 9.61 Å². The molecule has 15 heteroatoms. The summed E-state index contributed by atoms with van der Waals surface area (Å²) in [6, 6.07) is 5.14. The molecule has 0 atom stereocenters. The van der Waals surface area contributed by atoms with Gasteiger partial charge < -0.3 is 15.6 Å². The Hall–Kier alpha value is -3.65. The largest absolute Gasteiger partial charge is 0.393 e. The van der Waals surface area contributed by atoms with Gasteiger partial charge in [0.2, 0.25) is 5.91 Å². The Kier molecular flexibility index (Phi) is 11.1. The SMILES string of the molecule is C1CC1.CC(C)(C)C(F)(F)F.Cc1nonc1C(=O)NCc1nc2ccc(CNC(=O)CCC(F)(F)F)cc2[nH]1. The Morgan fingerprint density at radius 1 is 0.975 bits per heavy atom. The third kappa shape index (κ3) is 11.6. The Morgan fingerprint density at radius 2 is 1.60 bits per heavy atom. The van der Waals surface area contributed by atoms with Crippen LogP contribution >= 0.6 is 0 Å². The number of fused-ring (bicyclic) bond motifs is 1. The number of aromatic amines is 1. The van der Waals surface area contributed by atoms with Crippen molar-refractivity contribution in [3.63, 3.8) is 0 Å². The standard InChI is InChI=1S/C17H17F3N6O3.C5H9F3.C3H6/c1-9-15(26-29-25-9)16(28)22-8-13-23-11-3-2-10(6-12(11)24-13)7-21-14(27)4-5-17(18,19)20;1-4(2,3)5(6,7)8;1-2-3-1/h2-3,6H,4-5,7-8H2,1H3,(H,21,27)(H,22,28)(H,23,24);1-3H3;1-3H2. The topological polar surface area (TPSA) is 126 Å². The molecule has 0 radical (unpaired) electrons. The first-order chi connectivity index (χ1) is 18.5. The van der Waals surface area contributed by atoms with E-state index in [1.807, 2.05) is 0 Å². The molecule has 3 aromatic rings. The number of carbonyl (C=O) groups excluding carboxylic acids is 2. The van der Waals surface area contributed by atoms with Gasteiger partial charge in [0.25, 0.3) is 5.91 Å². The zero-order chi connectivity index (χ0) is 30.1. The lowest BCUT2D eigenvalue weighted by molar-refractivity contribution is -0.204. The van der Waals surface area contributed by atoms with Crippen LogP contribution in [0.25, 0.3) is 11.0 Å². The number of halogens is 6. The minimum absolute atomic E-state index is 0.0876. The molecule has 2 aromatic heterocycles. The van der Waals surface area contributed by atoms with Crippen LogP contribution in [0, 0.1) is 12.3 Å². The van der Waals surface area contributed by atoms with E-state index in [1.165, 1.54) is 19.3 Å². The third-order valence-electron chi connectivity index (χ3n) is 5.21. The van der Waals surface area contributed by atoms with Crippen LogP contribution in [-0.4, -0.2) is 44.4 Å². The van der Waals surface area contributed by atoms with Gasteiger partial charge in [-0.2, -0.15) is 26.3 Å². The minimum atomic E-state index is -4.36. The summed E-state index contributed by atoms with van der Waals surface area (Å²) in [5, 5.41) is 12.1. The zero-order valence-corrected chi connectivity index (χ0v) is 22.5. The third-order valence-corrected chi connectivity index (χ3v) is 5.21. The number of nitrogens with zero attached hydrogens (tertiary/aromatic N) is 3. The van der Waals surface area contributed by atoms with Crippen molar-refractivity contribution in [2.75, 3.05) is 0 Å². The normalized spacial score (nSPS) is 13.1. The number of hydrogen-bond donors (Lipinski definition) is 3. The highest BCUT2D eigenvalue weighted by Crippen LogP contribution is 2.36. The van der Waals surface area contributed by atoms with Crippen LogP contribution in [0.5, 0.6) is 0 Å². The molecule has 3 N–H and O–H groups in total. The molecule has 2 amide bonds. The summed E-state index contributed by atoms with van der Waals surface area (Å²) in [5.41, 5.74) is 0.892. The molecular weight excluding hydrogens is 546 g/mol. The van der Waals surface area contributed by atoms with Crippen molar-refractivity contribution in [3.8, 4) is 0 Å². The number of rotatable bonds is 7. The summed E-state index contributed by atoms with van der Waals surface area (Å²) in [6.07, 6.45) is -5.69. The molecule has 1 saturated carbocycles. The molecule has 1 aliphatic carbocycles. The number of amides is 2. The number of aromatic nitrogens is 4. The molecule has 40 heavy (non-hydrogen) atoms. The number of nitrogens with one attached hydrogen (secondary N) is 3. The summed E-state index contributed by atoms with van der Waals surface area (Å²) >= 11 is 0. The van der Waals surface area contributed by atoms with Crippen molar-refractivity contribution in [1.82, 2.24) is 30.9 Å². The number of alkyl halides is 6. The Morgan fingerprint density at radius 3 is 2.10 bits per heavy atom. The monoisotopic (exact) mass is 578 g/mol. The molecule has 0 saturated heterocycles. The molecule has 1 aliphatic rings. The predicted molar refractivity (Wildman–Crippen MR) is 133 cm³/mol. The summed E-state index contributed by atoms with van der Waals surface area (Å²) < 4.78 is 75.6. The van der Waals surface area contributed by atoms with E-state index in [0.29, 0.717) is 28.1 Å². The van der Waals surface area contributed by atoms with E-state index in [-0.39, 0.29) is 18.8 Å². The smallest absolute Gasteiger partial charge is 0.352 e. The Balaban J connectivity index is 0.000000426. The van der Waals surface area contributed by atoms with Crippen molar-refractivity contribution in [2.24, 2.45) is 5.41 Å². The summed E-state index contributed by atoms with van der Waals surface area (Å²) in [7, 11) is 0. The average Bonchev–Trinajstić information content (AvgIpc) is 3.57. The molecule has 9 nitrogen and oxygen atoms in total. The van der Waals surface area contributed by atoms with Crippen LogP contribution in [0.15, 0.2) is 22.8 Å². The lowest BCUT2D eigenvalue weighted by atomic mass is 9.96. The molecule has 1 aromatic carbocycles. The van der Waals surface area contributed by atoms with E-state index in [0.717, 1.165) is 20.8 Å². The first kappa shape index (κ1) is 32.6. The van der Waals surface area contributed by atoms with Gasteiger partial charge in [0.1, 0.15) is 11.5 Å². The van der Waals surface area contributed by atoms with Crippen LogP contribution in [0.1, 0.15) is 80.4 Å². The average molecular weight is 579 g/mol. The Bertz CT molecular complexity index is 1240. The van der Waals surface area contributed by atoms with Crippen molar-refractivity contribution >= 4 is 22.8 Å². The second-order valence-electron chi connectivity index (χ2n) is 10.1. The van der Waals surface area contributed by atoms with Crippen molar-refractivity contribution < 1.29 is 40.6 Å². The van der Waals surface area contributed by atoms with Gasteiger partial charge in [0.05, 0.1) is 29.4 Å². The quantitative estimate of drug-likeness (QED) is 0.300. The van der Waals surface area contributed by atoms with Gasteiger partial charge in [-0.15, -0.1) is 0 Å². The van der Waals surface area contributed by atoms with Crippen LogP contribution < -0.4 is 10.6 Å². The van der Waals surface area contributed by atoms with Crippen molar-refractivity contribution in [1.29, 1.82) is 0 Å². The predicted octanol–water partition coefficient (Wildman–Crippen LogP) is 5.91. The molecular formula is C25H32F6N6O3. The molecule has 0 aliphatic heterocycles. The van der Waals surface area contributed by atoms with Gasteiger partial charge in [0, 0.05) is 13.0 Å². The fourth-order valence-corrected chi connectivity index (χ4v) is 2.53. The lowest BCUT2D eigenvalue weighted by Gasteiger charge is -2.21. The number of benzene rings is 1. The number of H-pyrrole nitrogens is 1. The molecule has 0 bridgehead atoms. The first-order valence-corrected chi connectivity index (χ1v) is 12.4. The van der Waals surface area contributed by atoms with E-state index in [2.05, 4.69) is 35.5 Å². The zero-order valence-electron chi connectivity index (χ0n) is 22.5. The van der Waals surface area contributed by atoms with Crippen LogP contribution in [-0.2, 0) is 17.9 Å². The highest BCUT2D eigenvalue weighted by atomic mass is 19.4. The molecule has 2 heterocycles. The maximum atomic E-state index is 12.1. The van der Waals surface area contributed by atoms with E-state index in [4.69, 9.17) is 0 Å². The van der Waals surface area contributed by atoms with Gasteiger partial charge in [-0.05, 0) is 29.8 Å². The number of hydrogen-bond acceptors (Lipinski definition) is 6. The van der Waals surface area contributed by atoms with Gasteiger partial charge in [0.15, 0.2) is 5.69 Å². The van der Waals surface area contributed by atoms with Gasteiger partial charge in [-0.1, -0.05) is 51.3 Å². The summed E-state index contributed by atoms with van der Waals surface area (Å²) in [6.45, 7) is 5.24. The van der Waals surface area contributed by atoms with E-state index in [1.54, 1.807) is 25.1 Å². The lowest BCUT2D eigenvalue weighted by Crippen LogP contribution is -2.28. The van der Waals surface area contributed by atoms with Crippen molar-refractivity contribution in [2.45, 2.75) is 85.2 Å². The highest BCUT2D eigenvalue weighted by Gasteiger charge is 2.42. The summed E-state index contributed by atoms with van der Waals surface area (Å²) in [5.74, 6) is -0.631. The van der Waals surface area contributed by atoms with Gasteiger partial charge >= 0.3 is 12.4 Å². The minimum Gasteiger partial charge on any atom is -0.352 e. The molecule has 0 unspecified atom stereocenters. The molecule has 222 valence electrons. The molecule has 1 fully saturated rings. The second kappa shape index (κ2) is 13.6. The number of imidazole rings is 1. The van der Waals surface area contributed by atoms with Crippen LogP contribution in [0.4, 0.5) is 26.3 Å². The number of aryl methyl sites for hydroxylation is 1. The van der Waals surface area contributed by atoms with Gasteiger partial charge in [-0.3, -0.25) is 9.59 Å². The van der Waals surface area contributed by atoms with E-state index < -0.39 is 42.4 Å². The highest BCUT2D eigenvalue weighted by molar-refractivity contribution is 5.92. The Labute approximate surface area is 226 Å². The first-order valence-electron chi connectivity index (χ1n) is 12.4.